The highest BCUT2D eigenvalue weighted by molar-refractivity contribution is 5.90. The quantitative estimate of drug-likeness (QED) is 0.685. The smallest absolute Gasteiger partial charge is 0.335 e. The number of hydrogen-bond acceptors (Lipinski definition) is 9. The van der Waals surface area contributed by atoms with Gasteiger partial charge < -0.3 is 19.6 Å². The fraction of sp³-hybridized carbons (Fsp3) is 0.591. The van der Waals surface area contributed by atoms with Crippen molar-refractivity contribution < 1.29 is 14.6 Å². The first-order valence-corrected chi connectivity index (χ1v) is 11.2. The van der Waals surface area contributed by atoms with Crippen LogP contribution in [0.4, 0.5) is 0 Å². The van der Waals surface area contributed by atoms with E-state index >= 15 is 0 Å². The van der Waals surface area contributed by atoms with Gasteiger partial charge in [-0.3, -0.25) is 0 Å². The summed E-state index contributed by atoms with van der Waals surface area (Å²) < 4.78 is 6.67. The summed E-state index contributed by atoms with van der Waals surface area (Å²) in [5, 5.41) is 21.8. The minimum Gasteiger partial charge on any atom is -0.456 e. The van der Waals surface area contributed by atoms with E-state index in [-0.39, 0.29) is 5.97 Å². The van der Waals surface area contributed by atoms with Crippen molar-refractivity contribution in [3.63, 3.8) is 0 Å². The summed E-state index contributed by atoms with van der Waals surface area (Å²) in [6, 6.07) is 3.69. The zero-order valence-electron chi connectivity index (χ0n) is 18.4. The number of esters is 1. The molecule has 32 heavy (non-hydrogen) atoms. The van der Waals surface area contributed by atoms with Crippen LogP contribution in [0.3, 0.4) is 0 Å². The van der Waals surface area contributed by atoms with Crippen molar-refractivity contribution >= 4 is 5.97 Å². The van der Waals surface area contributed by atoms with Gasteiger partial charge in [0, 0.05) is 31.4 Å². The van der Waals surface area contributed by atoms with Gasteiger partial charge in [-0.1, -0.05) is 6.07 Å². The third-order valence-corrected chi connectivity index (χ3v) is 7.37. The number of likely N-dealkylation sites (tertiary alicyclic amines) is 2. The zero-order valence-corrected chi connectivity index (χ0v) is 18.4. The van der Waals surface area contributed by atoms with Crippen LogP contribution < -0.4 is 0 Å². The number of nitrogens with zero attached hydrogens (tertiary/aromatic N) is 7. The van der Waals surface area contributed by atoms with Crippen molar-refractivity contribution in [1.29, 1.82) is 0 Å². The van der Waals surface area contributed by atoms with Crippen LogP contribution in [-0.2, 0) is 9.53 Å². The molecule has 10 nitrogen and oxygen atoms in total. The Morgan fingerprint density at radius 2 is 1.91 bits per heavy atom. The summed E-state index contributed by atoms with van der Waals surface area (Å²) in [6.07, 6.45) is 7.21. The number of β-amino-alcohol motifs (C(OH)–C–C–N with tert-alkyl or cyclic N) is 1. The number of aliphatic hydroxyl groups excluding tert-OH is 1. The van der Waals surface area contributed by atoms with Crippen LogP contribution in [-0.4, -0.2) is 85.4 Å². The van der Waals surface area contributed by atoms with Gasteiger partial charge in [0.2, 0.25) is 0 Å². The summed E-state index contributed by atoms with van der Waals surface area (Å²) >= 11 is 0. The molecule has 3 aliphatic rings. The molecule has 2 fully saturated rings. The number of pyridine rings is 1. The van der Waals surface area contributed by atoms with Gasteiger partial charge in [-0.05, 0) is 67.6 Å². The summed E-state index contributed by atoms with van der Waals surface area (Å²) in [6.45, 7) is 6.88. The minimum absolute atomic E-state index is 0.174. The lowest BCUT2D eigenvalue weighted by molar-refractivity contribution is -0.136. The largest absolute Gasteiger partial charge is 0.456 e. The molecular formula is C22H29N7O3. The molecule has 170 valence electrons. The molecular weight excluding hydrogens is 410 g/mol. The second kappa shape index (κ2) is 8.59. The Labute approximate surface area is 186 Å². The summed E-state index contributed by atoms with van der Waals surface area (Å²) in [5.41, 5.74) is 3.02. The standard InChI is InChI=1S/C22H29N7O3/c1-16-18(14-32-21(16)31)28-10-6-22(7-11-28)4-8-27(9-5-22)13-19(30)17-2-3-20(23-12-17)29-15-24-25-26-29/h2-3,12,15,19,30H,4-11,13-14H2,1H3/t19-/m0/s1. The van der Waals surface area contributed by atoms with E-state index in [1.165, 1.54) is 11.0 Å². The molecule has 2 aromatic heterocycles. The first-order valence-electron chi connectivity index (χ1n) is 11.2. The number of piperidine rings is 2. The second-order valence-electron chi connectivity index (χ2n) is 9.16. The van der Waals surface area contributed by atoms with Crippen LogP contribution in [0.5, 0.6) is 0 Å². The van der Waals surface area contributed by atoms with E-state index in [0.29, 0.717) is 24.4 Å². The molecule has 1 atom stereocenters. The Morgan fingerprint density at radius 1 is 1.16 bits per heavy atom. The van der Waals surface area contributed by atoms with Gasteiger partial charge in [-0.25, -0.2) is 9.78 Å². The molecule has 0 aliphatic carbocycles. The maximum atomic E-state index is 11.7. The molecule has 10 heteroatoms. The molecule has 0 radical (unpaired) electrons. The number of aliphatic hydroxyl groups is 1. The van der Waals surface area contributed by atoms with Crippen LogP contribution >= 0.6 is 0 Å². The highest BCUT2D eigenvalue weighted by Crippen LogP contribution is 2.42. The molecule has 0 unspecified atom stereocenters. The molecule has 0 bridgehead atoms. The van der Waals surface area contributed by atoms with E-state index in [9.17, 15) is 9.90 Å². The van der Waals surface area contributed by atoms with Crippen LogP contribution in [0, 0.1) is 5.41 Å². The summed E-state index contributed by atoms with van der Waals surface area (Å²) in [7, 11) is 0. The highest BCUT2D eigenvalue weighted by Gasteiger charge is 2.39. The second-order valence-corrected chi connectivity index (χ2v) is 9.16. The van der Waals surface area contributed by atoms with Crippen LogP contribution in [0.2, 0.25) is 0 Å². The summed E-state index contributed by atoms with van der Waals surface area (Å²) in [4.78, 5) is 20.7. The fourth-order valence-corrected chi connectivity index (χ4v) is 5.10. The third-order valence-electron chi connectivity index (χ3n) is 7.37. The number of ether oxygens (including phenoxy) is 1. The van der Waals surface area contributed by atoms with Crippen molar-refractivity contribution in [3.05, 3.63) is 41.5 Å². The number of hydrogen-bond donors (Lipinski definition) is 1. The Hall–Kier alpha value is -2.85. The van der Waals surface area contributed by atoms with Gasteiger partial charge in [0.15, 0.2) is 5.82 Å². The predicted molar refractivity (Wildman–Crippen MR) is 114 cm³/mol. The first kappa shape index (κ1) is 21.0. The SMILES string of the molecule is CC1=C(N2CCC3(CCN(C[C@H](O)c4ccc(-n5cnnn5)nc4)CC3)CC2)COC1=O. The van der Waals surface area contributed by atoms with Gasteiger partial charge in [-0.15, -0.1) is 5.10 Å². The Morgan fingerprint density at radius 3 is 2.50 bits per heavy atom. The lowest BCUT2D eigenvalue weighted by Crippen LogP contribution is -2.47. The lowest BCUT2D eigenvalue weighted by Gasteiger charge is -2.47. The van der Waals surface area contributed by atoms with Crippen LogP contribution in [0.15, 0.2) is 35.9 Å². The molecule has 1 N–H and O–H groups in total. The maximum Gasteiger partial charge on any atom is 0.335 e. The molecule has 0 saturated carbocycles. The van der Waals surface area contributed by atoms with Crippen molar-refractivity contribution in [2.45, 2.75) is 38.7 Å². The number of aromatic nitrogens is 5. The Kier molecular flexibility index (Phi) is 5.64. The van der Waals surface area contributed by atoms with Crippen molar-refractivity contribution in [2.75, 3.05) is 39.3 Å². The molecule has 1 spiro atoms. The monoisotopic (exact) mass is 439 g/mol. The zero-order chi connectivity index (χ0) is 22.1. The van der Waals surface area contributed by atoms with Crippen LogP contribution in [0.1, 0.15) is 44.3 Å². The summed E-state index contributed by atoms with van der Waals surface area (Å²) in [5.74, 6) is 0.448. The molecule has 2 saturated heterocycles. The minimum atomic E-state index is -0.573. The average molecular weight is 440 g/mol. The average Bonchev–Trinajstić information content (AvgIpc) is 3.47. The fourth-order valence-electron chi connectivity index (χ4n) is 5.10. The van der Waals surface area contributed by atoms with E-state index in [1.54, 1.807) is 6.20 Å². The number of carbonyl (C=O) groups is 1. The number of cyclic esters (lactones) is 1. The number of carbonyl (C=O) groups excluding carboxylic acids is 1. The van der Waals surface area contributed by atoms with Gasteiger partial charge in [-0.2, -0.15) is 4.68 Å². The predicted octanol–water partition coefficient (Wildman–Crippen LogP) is 1.10. The molecule has 0 amide bonds. The highest BCUT2D eigenvalue weighted by atomic mass is 16.5. The maximum absolute atomic E-state index is 11.7. The normalized spacial score (nSPS) is 22.4. The van der Waals surface area contributed by atoms with Crippen molar-refractivity contribution in [1.82, 2.24) is 35.0 Å². The first-order chi connectivity index (χ1) is 15.5. The lowest BCUT2D eigenvalue weighted by atomic mass is 9.71. The van der Waals surface area contributed by atoms with Gasteiger partial charge >= 0.3 is 5.97 Å². The van der Waals surface area contributed by atoms with Crippen molar-refractivity contribution in [2.24, 2.45) is 5.41 Å². The Balaban J connectivity index is 1.12. The van der Waals surface area contributed by atoms with E-state index < -0.39 is 6.10 Å². The topological polar surface area (TPSA) is 110 Å². The van der Waals surface area contributed by atoms with Gasteiger partial charge in [0.1, 0.15) is 12.9 Å². The number of tetrazole rings is 1. The Bertz CT molecular complexity index is 971. The molecule has 3 aliphatic heterocycles. The van der Waals surface area contributed by atoms with Gasteiger partial charge in [0.25, 0.3) is 0 Å². The van der Waals surface area contributed by atoms with E-state index in [0.717, 1.165) is 68.7 Å². The third kappa shape index (κ3) is 4.12. The molecule has 5 heterocycles. The molecule has 5 rings (SSSR count). The van der Waals surface area contributed by atoms with E-state index in [2.05, 4.69) is 30.3 Å². The molecule has 2 aromatic rings. The van der Waals surface area contributed by atoms with Crippen molar-refractivity contribution in [3.8, 4) is 5.82 Å². The van der Waals surface area contributed by atoms with E-state index in [4.69, 9.17) is 4.74 Å². The van der Waals surface area contributed by atoms with E-state index in [1.807, 2.05) is 19.1 Å². The van der Waals surface area contributed by atoms with Gasteiger partial charge in [0.05, 0.1) is 17.4 Å². The van der Waals surface area contributed by atoms with Crippen LogP contribution in [0.25, 0.3) is 5.82 Å². The molecule has 0 aromatic carbocycles. The number of rotatable bonds is 5.